The minimum atomic E-state index is -0.772. The fourth-order valence-electron chi connectivity index (χ4n) is 5.64. The highest BCUT2D eigenvalue weighted by atomic mass is 32.1. The summed E-state index contributed by atoms with van der Waals surface area (Å²) in [5.74, 6) is -1.12. The lowest BCUT2D eigenvalue weighted by atomic mass is 9.93. The summed E-state index contributed by atoms with van der Waals surface area (Å²) in [6, 6.07) is 12.6. The smallest absolute Gasteiger partial charge is 0.357 e. The van der Waals surface area contributed by atoms with E-state index in [0.717, 1.165) is 32.7 Å². The number of fused-ring (bicyclic) bond motifs is 3. The third-order valence-electron chi connectivity index (χ3n) is 8.04. The first kappa shape index (κ1) is 32.8. The Balaban J connectivity index is 1.67. The van der Waals surface area contributed by atoms with Crippen molar-refractivity contribution < 1.29 is 29.0 Å². The van der Waals surface area contributed by atoms with E-state index >= 15 is 0 Å². The van der Waals surface area contributed by atoms with E-state index in [2.05, 4.69) is 21.7 Å². The maximum atomic E-state index is 14.2. The Morgan fingerprint density at radius 1 is 1.04 bits per heavy atom. The van der Waals surface area contributed by atoms with Gasteiger partial charge in [-0.15, -0.1) is 11.3 Å². The normalized spacial score (nSPS) is 12.3. The minimum absolute atomic E-state index is 0.0124. The van der Waals surface area contributed by atoms with Crippen LogP contribution >= 0.6 is 11.3 Å². The van der Waals surface area contributed by atoms with E-state index < -0.39 is 23.3 Å². The summed E-state index contributed by atoms with van der Waals surface area (Å²) in [5, 5.41) is 17.3. The Morgan fingerprint density at radius 3 is 2.46 bits per heavy atom. The molecule has 11 heteroatoms. The van der Waals surface area contributed by atoms with E-state index in [1.165, 1.54) is 13.2 Å². The molecule has 0 radical (unpaired) electrons. The molecule has 0 aliphatic carbocycles. The molecular formula is C35H38N4O6S. The van der Waals surface area contributed by atoms with Gasteiger partial charge in [0.1, 0.15) is 11.4 Å². The maximum absolute atomic E-state index is 14.2. The highest BCUT2D eigenvalue weighted by Crippen LogP contribution is 2.43. The average molecular weight is 643 g/mol. The van der Waals surface area contributed by atoms with Crippen molar-refractivity contribution in [1.82, 2.24) is 10.3 Å². The summed E-state index contributed by atoms with van der Waals surface area (Å²) in [7, 11) is 1.23. The number of methoxy groups -OCH3 is 1. The lowest BCUT2D eigenvalue weighted by Gasteiger charge is -2.25. The molecule has 0 unspecified atom stereocenters. The zero-order chi connectivity index (χ0) is 33.2. The van der Waals surface area contributed by atoms with Gasteiger partial charge in [-0.05, 0) is 92.1 Å². The second kappa shape index (κ2) is 13.4. The number of nitrogens with zero attached hydrogens (tertiary/aromatic N) is 1. The SMILES string of the molecule is COC(=O)c1nc(C(=O)NC(C)(C)CCO)ccc1-c1cc2c(cc1C(=O)Nc1c(C)cc(CN)cc1C)-c1sccc1CCO2. The Kier molecular flexibility index (Phi) is 9.57. The number of hydrogen-bond acceptors (Lipinski definition) is 9. The van der Waals surface area contributed by atoms with Crippen LogP contribution in [0.15, 0.2) is 47.8 Å². The second-order valence-corrected chi connectivity index (χ2v) is 12.8. The van der Waals surface area contributed by atoms with E-state index in [1.54, 1.807) is 43.4 Å². The fraction of sp³-hybridized carbons (Fsp3) is 0.314. The zero-order valence-electron chi connectivity index (χ0n) is 26.6. The molecule has 2 amide bonds. The lowest BCUT2D eigenvalue weighted by Crippen LogP contribution is -2.44. The highest BCUT2D eigenvalue weighted by Gasteiger charge is 2.28. The molecule has 46 heavy (non-hydrogen) atoms. The predicted octanol–water partition coefficient (Wildman–Crippen LogP) is 5.42. The summed E-state index contributed by atoms with van der Waals surface area (Å²) in [5.41, 5.74) is 11.3. The van der Waals surface area contributed by atoms with Gasteiger partial charge >= 0.3 is 5.97 Å². The number of esters is 1. The van der Waals surface area contributed by atoms with Gasteiger partial charge < -0.3 is 30.9 Å². The van der Waals surface area contributed by atoms with E-state index in [-0.39, 0.29) is 18.0 Å². The molecule has 0 bridgehead atoms. The Hall–Kier alpha value is -4.58. The number of amides is 2. The third kappa shape index (κ3) is 6.67. The van der Waals surface area contributed by atoms with Crippen LogP contribution in [0.3, 0.4) is 0 Å². The number of nitrogens with two attached hydrogens (primary N) is 1. The molecule has 0 spiro atoms. The number of pyridine rings is 1. The van der Waals surface area contributed by atoms with Gasteiger partial charge in [-0.3, -0.25) is 9.59 Å². The van der Waals surface area contributed by atoms with Crippen molar-refractivity contribution in [2.45, 2.75) is 52.6 Å². The van der Waals surface area contributed by atoms with Crippen LogP contribution in [0, 0.1) is 13.8 Å². The maximum Gasteiger partial charge on any atom is 0.357 e. The van der Waals surface area contributed by atoms with Crippen molar-refractivity contribution in [3.8, 4) is 27.3 Å². The summed E-state index contributed by atoms with van der Waals surface area (Å²) in [4.78, 5) is 46.0. The molecule has 0 saturated carbocycles. The van der Waals surface area contributed by atoms with Crippen molar-refractivity contribution in [3.63, 3.8) is 0 Å². The first-order valence-electron chi connectivity index (χ1n) is 15.0. The van der Waals surface area contributed by atoms with E-state index in [0.29, 0.717) is 54.1 Å². The number of aryl methyl sites for hydroxylation is 2. The third-order valence-corrected chi connectivity index (χ3v) is 9.03. The molecule has 1 aliphatic rings. The van der Waals surface area contributed by atoms with Gasteiger partial charge in [0.05, 0.1) is 13.7 Å². The number of benzene rings is 2. The first-order valence-corrected chi connectivity index (χ1v) is 15.9. The predicted molar refractivity (Wildman–Crippen MR) is 179 cm³/mol. The van der Waals surface area contributed by atoms with Crippen molar-refractivity contribution in [2.24, 2.45) is 5.73 Å². The van der Waals surface area contributed by atoms with Crippen molar-refractivity contribution in [1.29, 1.82) is 0 Å². The van der Waals surface area contributed by atoms with Crippen LogP contribution in [0.1, 0.15) is 73.9 Å². The Morgan fingerprint density at radius 2 is 1.78 bits per heavy atom. The van der Waals surface area contributed by atoms with Crippen molar-refractivity contribution >= 4 is 34.8 Å². The second-order valence-electron chi connectivity index (χ2n) is 11.9. The monoisotopic (exact) mass is 642 g/mol. The number of rotatable bonds is 9. The number of hydrogen-bond donors (Lipinski definition) is 4. The van der Waals surface area contributed by atoms with Gasteiger partial charge in [-0.1, -0.05) is 12.1 Å². The largest absolute Gasteiger partial charge is 0.493 e. The van der Waals surface area contributed by atoms with Crippen LogP contribution < -0.4 is 21.1 Å². The standard InChI is InChI=1S/C35H38N4O6S/c1-19-14-21(18-36)15-20(2)29(19)38-32(41)25-16-26-28(45-12-8-22-9-13-46-31(22)26)17-24(25)23-6-7-27(37-30(23)34(43)44-5)33(42)39-35(3,4)10-11-40/h6-7,9,13-17,40H,8,10-12,18,36H2,1-5H3,(H,38,41)(H,39,42). The summed E-state index contributed by atoms with van der Waals surface area (Å²) in [6.07, 6.45) is 1.04. The number of aliphatic hydroxyl groups is 1. The van der Waals surface area contributed by atoms with Crippen LogP contribution in [0.5, 0.6) is 5.75 Å². The van der Waals surface area contributed by atoms with Crippen LogP contribution in [0.25, 0.3) is 21.6 Å². The first-order chi connectivity index (χ1) is 22.0. The molecule has 0 saturated heterocycles. The highest BCUT2D eigenvalue weighted by molar-refractivity contribution is 7.13. The number of aromatic nitrogens is 1. The molecule has 0 fully saturated rings. The van der Waals surface area contributed by atoms with Gasteiger partial charge in [0, 0.05) is 57.9 Å². The van der Waals surface area contributed by atoms with Gasteiger partial charge in [0.15, 0.2) is 5.69 Å². The number of ether oxygens (including phenoxy) is 2. The van der Waals surface area contributed by atoms with Crippen LogP contribution in [0.4, 0.5) is 5.69 Å². The Bertz CT molecular complexity index is 1810. The summed E-state index contributed by atoms with van der Waals surface area (Å²) in [6.45, 7) is 8.10. The topological polar surface area (TPSA) is 153 Å². The molecule has 2 aromatic heterocycles. The molecule has 5 N–H and O–H groups in total. The molecule has 5 rings (SSSR count). The molecule has 0 atom stereocenters. The number of carbonyl (C=O) groups excluding carboxylic acids is 3. The molecule has 3 heterocycles. The van der Waals surface area contributed by atoms with E-state index in [1.807, 2.05) is 31.4 Å². The average Bonchev–Trinajstić information content (AvgIpc) is 3.42. The molecular weight excluding hydrogens is 604 g/mol. The number of carbonyl (C=O) groups is 3. The number of aliphatic hydroxyl groups excluding tert-OH is 1. The van der Waals surface area contributed by atoms with Crippen LogP contribution in [0.2, 0.25) is 0 Å². The molecule has 2 aromatic carbocycles. The van der Waals surface area contributed by atoms with Crippen LogP contribution in [-0.2, 0) is 17.7 Å². The lowest BCUT2D eigenvalue weighted by molar-refractivity contribution is 0.0594. The molecule has 10 nitrogen and oxygen atoms in total. The molecule has 240 valence electrons. The van der Waals surface area contributed by atoms with E-state index in [9.17, 15) is 19.5 Å². The summed E-state index contributed by atoms with van der Waals surface area (Å²) >= 11 is 1.57. The van der Waals surface area contributed by atoms with Crippen molar-refractivity contribution in [3.05, 3.63) is 87.0 Å². The molecule has 1 aliphatic heterocycles. The minimum Gasteiger partial charge on any atom is -0.493 e. The van der Waals surface area contributed by atoms with Gasteiger partial charge in [-0.2, -0.15) is 0 Å². The number of anilines is 1. The van der Waals surface area contributed by atoms with Crippen molar-refractivity contribution in [2.75, 3.05) is 25.6 Å². The summed E-state index contributed by atoms with van der Waals surface area (Å²) < 4.78 is 11.3. The molecule has 4 aromatic rings. The van der Waals surface area contributed by atoms with Crippen LogP contribution in [-0.4, -0.2) is 53.7 Å². The van der Waals surface area contributed by atoms with Gasteiger partial charge in [0.25, 0.3) is 11.8 Å². The Labute approximate surface area is 272 Å². The van der Waals surface area contributed by atoms with Gasteiger partial charge in [-0.25, -0.2) is 9.78 Å². The van der Waals surface area contributed by atoms with E-state index in [4.69, 9.17) is 15.2 Å². The number of nitrogens with one attached hydrogen (secondary N) is 2. The van der Waals surface area contributed by atoms with Gasteiger partial charge in [0.2, 0.25) is 0 Å². The quantitative estimate of drug-likeness (QED) is 0.177. The number of thiophene rings is 1. The zero-order valence-corrected chi connectivity index (χ0v) is 27.4. The fourth-order valence-corrected chi connectivity index (χ4v) is 6.62.